The van der Waals surface area contributed by atoms with Crippen LogP contribution in [0.2, 0.25) is 0 Å². The van der Waals surface area contributed by atoms with Crippen molar-refractivity contribution in [1.29, 1.82) is 0 Å². The van der Waals surface area contributed by atoms with E-state index >= 15 is 0 Å². The summed E-state index contributed by atoms with van der Waals surface area (Å²) in [4.78, 5) is 28.7. The second-order valence-corrected chi connectivity index (χ2v) is 5.88. The van der Waals surface area contributed by atoms with Gasteiger partial charge in [-0.2, -0.15) is 4.98 Å². The SMILES string of the molecule is CCc1ccccc1NC(=O)c1coc(NC(=O)c2cccs2)n1. The molecular weight excluding hydrogens is 326 g/mol. The Bertz CT molecular complexity index is 856. The largest absolute Gasteiger partial charge is 0.431 e. The number of thiophene rings is 1. The summed E-state index contributed by atoms with van der Waals surface area (Å²) in [5, 5.41) is 7.12. The fourth-order valence-electron chi connectivity index (χ4n) is 2.14. The Morgan fingerprint density at radius 2 is 1.96 bits per heavy atom. The molecule has 0 saturated carbocycles. The molecule has 0 aliphatic carbocycles. The maximum atomic E-state index is 12.3. The quantitative estimate of drug-likeness (QED) is 0.739. The molecule has 0 fully saturated rings. The fraction of sp³-hybridized carbons (Fsp3) is 0.118. The van der Waals surface area contributed by atoms with Crippen molar-refractivity contribution in [2.75, 3.05) is 10.6 Å². The number of hydrogen-bond acceptors (Lipinski definition) is 5. The van der Waals surface area contributed by atoms with Crippen LogP contribution in [0.3, 0.4) is 0 Å². The molecule has 0 aliphatic rings. The highest BCUT2D eigenvalue weighted by Gasteiger charge is 2.16. The second-order valence-electron chi connectivity index (χ2n) is 4.93. The summed E-state index contributed by atoms with van der Waals surface area (Å²) in [6.07, 6.45) is 2.02. The third-order valence-corrected chi connectivity index (χ3v) is 4.22. The Labute approximate surface area is 142 Å². The van der Waals surface area contributed by atoms with Crippen LogP contribution in [0.25, 0.3) is 0 Å². The van der Waals surface area contributed by atoms with Crippen molar-refractivity contribution in [3.63, 3.8) is 0 Å². The molecule has 1 aromatic carbocycles. The van der Waals surface area contributed by atoms with Gasteiger partial charge in [-0.25, -0.2) is 0 Å². The second kappa shape index (κ2) is 7.10. The van der Waals surface area contributed by atoms with Crippen molar-refractivity contribution in [2.24, 2.45) is 0 Å². The number of benzene rings is 1. The summed E-state index contributed by atoms with van der Waals surface area (Å²) >= 11 is 1.31. The maximum Gasteiger partial charge on any atom is 0.302 e. The van der Waals surface area contributed by atoms with Gasteiger partial charge in [0.05, 0.1) is 4.88 Å². The van der Waals surface area contributed by atoms with Gasteiger partial charge in [0, 0.05) is 5.69 Å². The smallest absolute Gasteiger partial charge is 0.302 e. The number of amides is 2. The van der Waals surface area contributed by atoms with E-state index in [0.717, 1.165) is 17.7 Å². The highest BCUT2D eigenvalue weighted by Crippen LogP contribution is 2.18. The molecule has 3 rings (SSSR count). The predicted octanol–water partition coefficient (Wildman–Crippen LogP) is 3.80. The van der Waals surface area contributed by atoms with Gasteiger partial charge in [0.1, 0.15) is 6.26 Å². The van der Waals surface area contributed by atoms with Crippen molar-refractivity contribution < 1.29 is 14.0 Å². The van der Waals surface area contributed by atoms with E-state index in [-0.39, 0.29) is 17.6 Å². The number of hydrogen-bond donors (Lipinski definition) is 2. The van der Waals surface area contributed by atoms with Crippen LogP contribution in [0.1, 0.15) is 32.6 Å². The zero-order chi connectivity index (χ0) is 16.9. The summed E-state index contributed by atoms with van der Waals surface area (Å²) in [6.45, 7) is 2.01. The lowest BCUT2D eigenvalue weighted by Crippen LogP contribution is -2.14. The lowest BCUT2D eigenvalue weighted by atomic mass is 10.1. The normalized spacial score (nSPS) is 10.4. The summed E-state index contributed by atoms with van der Waals surface area (Å²) in [6, 6.07) is 11.0. The highest BCUT2D eigenvalue weighted by molar-refractivity contribution is 7.12. The Morgan fingerprint density at radius 3 is 2.71 bits per heavy atom. The van der Waals surface area contributed by atoms with E-state index in [1.54, 1.807) is 17.5 Å². The van der Waals surface area contributed by atoms with Gasteiger partial charge in [0.25, 0.3) is 11.8 Å². The van der Waals surface area contributed by atoms with Crippen LogP contribution in [-0.2, 0) is 6.42 Å². The minimum atomic E-state index is -0.392. The van der Waals surface area contributed by atoms with Crippen molar-refractivity contribution >= 4 is 34.9 Å². The maximum absolute atomic E-state index is 12.3. The van der Waals surface area contributed by atoms with E-state index in [9.17, 15) is 9.59 Å². The van der Waals surface area contributed by atoms with E-state index < -0.39 is 5.91 Å². The molecule has 0 radical (unpaired) electrons. The summed E-state index contributed by atoms with van der Waals surface area (Å²) < 4.78 is 5.15. The summed E-state index contributed by atoms with van der Waals surface area (Å²) in [5.74, 6) is -0.716. The number of nitrogens with zero attached hydrogens (tertiary/aromatic N) is 1. The molecule has 0 atom stereocenters. The number of rotatable bonds is 5. The van der Waals surface area contributed by atoms with Gasteiger partial charge in [-0.1, -0.05) is 31.2 Å². The van der Waals surface area contributed by atoms with E-state index in [1.165, 1.54) is 17.6 Å². The summed E-state index contributed by atoms with van der Waals surface area (Å²) in [5.41, 5.74) is 1.86. The number of aromatic nitrogens is 1. The molecule has 24 heavy (non-hydrogen) atoms. The van der Waals surface area contributed by atoms with Gasteiger partial charge >= 0.3 is 6.01 Å². The summed E-state index contributed by atoms with van der Waals surface area (Å²) in [7, 11) is 0. The Morgan fingerprint density at radius 1 is 1.12 bits per heavy atom. The van der Waals surface area contributed by atoms with Gasteiger partial charge in [0.2, 0.25) is 0 Å². The Balaban J connectivity index is 1.68. The number of oxazole rings is 1. The molecule has 0 unspecified atom stereocenters. The number of nitrogens with one attached hydrogen (secondary N) is 2. The average molecular weight is 341 g/mol. The van der Waals surface area contributed by atoms with Crippen molar-refractivity contribution in [2.45, 2.75) is 13.3 Å². The molecule has 3 aromatic rings. The third-order valence-electron chi connectivity index (χ3n) is 3.35. The molecule has 6 nitrogen and oxygen atoms in total. The number of para-hydroxylation sites is 1. The van der Waals surface area contributed by atoms with Crippen LogP contribution in [0.5, 0.6) is 0 Å². The zero-order valence-corrected chi connectivity index (χ0v) is 13.7. The van der Waals surface area contributed by atoms with Crippen LogP contribution in [0, 0.1) is 0 Å². The molecule has 0 bridgehead atoms. The first-order valence-electron chi connectivity index (χ1n) is 7.37. The van der Waals surface area contributed by atoms with Crippen LogP contribution < -0.4 is 10.6 Å². The molecule has 0 saturated heterocycles. The molecule has 2 N–H and O–H groups in total. The molecule has 0 spiro atoms. The average Bonchev–Trinajstić information content (AvgIpc) is 3.27. The highest BCUT2D eigenvalue weighted by atomic mass is 32.1. The molecule has 2 amide bonds. The standard InChI is InChI=1S/C17H15N3O3S/c1-2-11-6-3-4-7-12(11)18-15(21)13-10-23-17(19-13)20-16(22)14-8-5-9-24-14/h3-10H,2H2,1H3,(H,18,21)(H,19,20,22). The first-order chi connectivity index (χ1) is 11.7. The molecule has 2 heterocycles. The van der Waals surface area contributed by atoms with E-state index in [2.05, 4.69) is 15.6 Å². The lowest BCUT2D eigenvalue weighted by Gasteiger charge is -2.07. The van der Waals surface area contributed by atoms with Crippen LogP contribution in [0.15, 0.2) is 52.5 Å². The van der Waals surface area contributed by atoms with E-state index in [1.807, 2.05) is 31.2 Å². The Kier molecular flexibility index (Phi) is 4.72. The minimum absolute atomic E-state index is 0.0117. The van der Waals surface area contributed by atoms with Gasteiger partial charge in [-0.05, 0) is 29.5 Å². The zero-order valence-electron chi connectivity index (χ0n) is 12.9. The minimum Gasteiger partial charge on any atom is -0.431 e. The monoisotopic (exact) mass is 341 g/mol. The number of aryl methyl sites for hydroxylation is 1. The first kappa shape index (κ1) is 15.9. The molecule has 0 aliphatic heterocycles. The van der Waals surface area contributed by atoms with Gasteiger partial charge in [0.15, 0.2) is 5.69 Å². The van der Waals surface area contributed by atoms with Gasteiger partial charge < -0.3 is 9.73 Å². The van der Waals surface area contributed by atoms with Crippen LogP contribution in [-0.4, -0.2) is 16.8 Å². The van der Waals surface area contributed by atoms with Crippen molar-refractivity contribution in [3.05, 3.63) is 64.2 Å². The van der Waals surface area contributed by atoms with E-state index in [0.29, 0.717) is 4.88 Å². The van der Waals surface area contributed by atoms with Crippen molar-refractivity contribution in [1.82, 2.24) is 4.98 Å². The van der Waals surface area contributed by atoms with Crippen molar-refractivity contribution in [3.8, 4) is 0 Å². The number of carbonyl (C=O) groups is 2. The molecular formula is C17H15N3O3S. The van der Waals surface area contributed by atoms with E-state index in [4.69, 9.17) is 4.42 Å². The Hall–Kier alpha value is -2.93. The number of anilines is 2. The lowest BCUT2D eigenvalue weighted by molar-refractivity contribution is 0.101. The van der Waals surface area contributed by atoms with Crippen LogP contribution in [0.4, 0.5) is 11.7 Å². The van der Waals surface area contributed by atoms with Gasteiger partial charge in [-0.15, -0.1) is 11.3 Å². The van der Waals surface area contributed by atoms with Crippen LogP contribution >= 0.6 is 11.3 Å². The first-order valence-corrected chi connectivity index (χ1v) is 8.25. The topological polar surface area (TPSA) is 84.2 Å². The molecule has 2 aromatic heterocycles. The predicted molar refractivity (Wildman–Crippen MR) is 92.5 cm³/mol. The fourth-order valence-corrected chi connectivity index (χ4v) is 2.76. The molecule has 122 valence electrons. The van der Waals surface area contributed by atoms with Gasteiger partial charge in [-0.3, -0.25) is 14.9 Å². The third kappa shape index (κ3) is 3.52. The molecule has 7 heteroatoms. The number of carbonyl (C=O) groups excluding carboxylic acids is 2.